The number of hydrogen-bond donors (Lipinski definition) is 3. The van der Waals surface area contributed by atoms with Gasteiger partial charge < -0.3 is 5.32 Å². The Bertz CT molecular complexity index is 936. The Morgan fingerprint density at radius 3 is 2.65 bits per heavy atom. The largest absolute Gasteiger partial charge is 0.365 e. The normalized spacial score (nSPS) is 11.6. The van der Waals surface area contributed by atoms with Crippen LogP contribution in [0.15, 0.2) is 36.7 Å². The second-order valence-corrected chi connectivity index (χ2v) is 7.31. The Balaban J connectivity index is 1.72. The summed E-state index contributed by atoms with van der Waals surface area (Å²) in [6.07, 6.45) is 1.53. The maximum Gasteiger partial charge on any atom is 0.357 e. The van der Waals surface area contributed by atoms with Crippen molar-refractivity contribution in [3.8, 4) is 0 Å². The van der Waals surface area contributed by atoms with Crippen LogP contribution in [0.25, 0.3) is 10.2 Å². The molecule has 0 saturated carbocycles. The monoisotopic (exact) mass is 350 g/mol. The molecule has 3 rings (SSSR count). The Hall–Kier alpha value is -2.23. The molecular formula is C14H14N4O3S2. The van der Waals surface area contributed by atoms with Crippen LogP contribution in [-0.4, -0.2) is 22.9 Å². The fraction of sp³-hybridized carbons (Fsp3) is 0.143. The molecule has 120 valence electrons. The van der Waals surface area contributed by atoms with Crippen LogP contribution in [0.3, 0.4) is 0 Å². The quantitative estimate of drug-likeness (QED) is 0.611. The molecule has 9 heteroatoms. The second kappa shape index (κ2) is 6.11. The standard InChI is InChI=1S/C14H14N4O3S2/c1-9-6-12-13(16-8-17-14(12)22-9)15-7-10-2-4-11(5-3-10)18-23(19,20)21/h2-6,8,18H,7H2,1H3,(H,15,16,17)(H,19,20,21). The molecule has 1 aromatic carbocycles. The van der Waals surface area contributed by atoms with E-state index in [1.165, 1.54) is 11.2 Å². The van der Waals surface area contributed by atoms with Gasteiger partial charge in [-0.2, -0.15) is 8.42 Å². The molecule has 0 amide bonds. The first-order chi connectivity index (χ1) is 10.9. The van der Waals surface area contributed by atoms with E-state index in [2.05, 4.69) is 15.3 Å². The molecule has 0 spiro atoms. The minimum atomic E-state index is -4.25. The Labute approximate surface area is 137 Å². The molecule has 0 aliphatic heterocycles. The van der Waals surface area contributed by atoms with Crippen LogP contribution < -0.4 is 10.0 Å². The van der Waals surface area contributed by atoms with E-state index in [1.807, 2.05) is 17.7 Å². The lowest BCUT2D eigenvalue weighted by Crippen LogP contribution is -2.10. The molecule has 2 aromatic heterocycles. The van der Waals surface area contributed by atoms with Crippen LogP contribution in [0, 0.1) is 6.92 Å². The van der Waals surface area contributed by atoms with E-state index in [0.29, 0.717) is 12.2 Å². The summed E-state index contributed by atoms with van der Waals surface area (Å²) in [6.45, 7) is 2.56. The van der Waals surface area contributed by atoms with Gasteiger partial charge in [0, 0.05) is 11.4 Å². The molecule has 3 aromatic rings. The zero-order valence-corrected chi connectivity index (χ0v) is 13.8. The molecule has 0 atom stereocenters. The maximum atomic E-state index is 10.7. The van der Waals surface area contributed by atoms with Crippen LogP contribution in [0.5, 0.6) is 0 Å². The van der Waals surface area contributed by atoms with Crippen molar-refractivity contribution >= 4 is 43.4 Å². The zero-order valence-electron chi connectivity index (χ0n) is 12.1. The Morgan fingerprint density at radius 2 is 1.96 bits per heavy atom. The third kappa shape index (κ3) is 3.95. The number of anilines is 2. The summed E-state index contributed by atoms with van der Waals surface area (Å²) in [7, 11) is -4.25. The number of thiophene rings is 1. The molecule has 3 N–H and O–H groups in total. The van der Waals surface area contributed by atoms with E-state index in [-0.39, 0.29) is 0 Å². The van der Waals surface area contributed by atoms with Gasteiger partial charge >= 0.3 is 10.3 Å². The summed E-state index contributed by atoms with van der Waals surface area (Å²) < 4.78 is 32.2. The molecule has 0 radical (unpaired) electrons. The Kier molecular flexibility index (Phi) is 4.16. The number of nitrogens with one attached hydrogen (secondary N) is 2. The highest BCUT2D eigenvalue weighted by Gasteiger charge is 2.07. The number of benzene rings is 1. The minimum absolute atomic E-state index is 0.300. The fourth-order valence-electron chi connectivity index (χ4n) is 2.14. The van der Waals surface area contributed by atoms with Gasteiger partial charge in [0.2, 0.25) is 0 Å². The van der Waals surface area contributed by atoms with E-state index in [1.54, 1.807) is 35.6 Å². The van der Waals surface area contributed by atoms with Gasteiger partial charge in [0.15, 0.2) is 0 Å². The minimum Gasteiger partial charge on any atom is -0.365 e. The van der Waals surface area contributed by atoms with Crippen molar-refractivity contribution in [1.82, 2.24) is 9.97 Å². The predicted octanol–water partition coefficient (Wildman–Crippen LogP) is 2.83. The summed E-state index contributed by atoms with van der Waals surface area (Å²) in [5.41, 5.74) is 1.25. The summed E-state index contributed by atoms with van der Waals surface area (Å²) in [4.78, 5) is 10.6. The topological polar surface area (TPSA) is 104 Å². The van der Waals surface area contributed by atoms with Gasteiger partial charge in [0.25, 0.3) is 0 Å². The first kappa shape index (κ1) is 15.7. The van der Waals surface area contributed by atoms with E-state index >= 15 is 0 Å². The highest BCUT2D eigenvalue weighted by Crippen LogP contribution is 2.27. The first-order valence-corrected chi connectivity index (χ1v) is 8.95. The third-order valence-corrected chi connectivity index (χ3v) is 4.57. The molecule has 2 heterocycles. The van der Waals surface area contributed by atoms with E-state index in [0.717, 1.165) is 21.6 Å². The van der Waals surface area contributed by atoms with Crippen molar-refractivity contribution in [3.63, 3.8) is 0 Å². The van der Waals surface area contributed by atoms with Crippen molar-refractivity contribution in [1.29, 1.82) is 0 Å². The Morgan fingerprint density at radius 1 is 1.22 bits per heavy atom. The van der Waals surface area contributed by atoms with Crippen LogP contribution >= 0.6 is 11.3 Å². The van der Waals surface area contributed by atoms with Crippen LogP contribution in [-0.2, 0) is 16.8 Å². The third-order valence-electron chi connectivity index (χ3n) is 3.11. The van der Waals surface area contributed by atoms with E-state index < -0.39 is 10.3 Å². The number of aryl methyl sites for hydroxylation is 1. The lowest BCUT2D eigenvalue weighted by Gasteiger charge is -2.08. The SMILES string of the molecule is Cc1cc2c(NCc3ccc(NS(=O)(=O)O)cc3)ncnc2s1. The van der Waals surface area contributed by atoms with Gasteiger partial charge in [0.05, 0.1) is 11.1 Å². The molecule has 0 unspecified atom stereocenters. The maximum absolute atomic E-state index is 10.7. The van der Waals surface area contributed by atoms with Gasteiger partial charge in [-0.25, -0.2) is 9.97 Å². The molecular weight excluding hydrogens is 336 g/mol. The smallest absolute Gasteiger partial charge is 0.357 e. The van der Waals surface area contributed by atoms with Gasteiger partial charge in [-0.05, 0) is 30.7 Å². The average molecular weight is 350 g/mol. The zero-order chi connectivity index (χ0) is 16.4. The molecule has 0 saturated heterocycles. The van der Waals surface area contributed by atoms with Crippen molar-refractivity contribution in [2.45, 2.75) is 13.5 Å². The number of nitrogens with zero attached hydrogens (tertiary/aromatic N) is 2. The lowest BCUT2D eigenvalue weighted by atomic mass is 10.2. The molecule has 0 aliphatic rings. The van der Waals surface area contributed by atoms with Gasteiger partial charge in [-0.3, -0.25) is 9.27 Å². The number of rotatable bonds is 5. The van der Waals surface area contributed by atoms with Gasteiger partial charge in [-0.1, -0.05) is 12.1 Å². The van der Waals surface area contributed by atoms with Gasteiger partial charge in [0.1, 0.15) is 17.0 Å². The van der Waals surface area contributed by atoms with Crippen molar-refractivity contribution in [2.24, 2.45) is 0 Å². The van der Waals surface area contributed by atoms with Crippen LogP contribution in [0.2, 0.25) is 0 Å². The van der Waals surface area contributed by atoms with E-state index in [4.69, 9.17) is 4.55 Å². The van der Waals surface area contributed by atoms with Crippen molar-refractivity contribution in [3.05, 3.63) is 47.1 Å². The highest BCUT2D eigenvalue weighted by atomic mass is 32.2. The summed E-state index contributed by atoms with van der Waals surface area (Å²) in [5.74, 6) is 0.763. The molecule has 23 heavy (non-hydrogen) atoms. The molecule has 7 nitrogen and oxygen atoms in total. The predicted molar refractivity (Wildman–Crippen MR) is 91.1 cm³/mol. The van der Waals surface area contributed by atoms with Crippen LogP contribution in [0.1, 0.15) is 10.4 Å². The average Bonchev–Trinajstić information content (AvgIpc) is 2.85. The summed E-state index contributed by atoms with van der Waals surface area (Å²) >= 11 is 1.62. The second-order valence-electron chi connectivity index (χ2n) is 4.93. The number of fused-ring (bicyclic) bond motifs is 1. The summed E-state index contributed by atoms with van der Waals surface area (Å²) in [6, 6.07) is 8.72. The molecule has 0 aliphatic carbocycles. The number of aromatic nitrogens is 2. The highest BCUT2D eigenvalue weighted by molar-refractivity contribution is 7.87. The van der Waals surface area contributed by atoms with Crippen LogP contribution in [0.4, 0.5) is 11.5 Å². The molecule has 0 fully saturated rings. The molecule has 0 bridgehead atoms. The van der Waals surface area contributed by atoms with Crippen molar-refractivity contribution in [2.75, 3.05) is 10.0 Å². The summed E-state index contributed by atoms with van der Waals surface area (Å²) in [5, 5.41) is 4.24. The number of hydrogen-bond acceptors (Lipinski definition) is 6. The lowest BCUT2D eigenvalue weighted by molar-refractivity contribution is 0.489. The first-order valence-electron chi connectivity index (χ1n) is 6.70. The van der Waals surface area contributed by atoms with Crippen molar-refractivity contribution < 1.29 is 13.0 Å². The van der Waals surface area contributed by atoms with Gasteiger partial charge in [-0.15, -0.1) is 11.3 Å². The van der Waals surface area contributed by atoms with E-state index in [9.17, 15) is 8.42 Å². The fourth-order valence-corrected chi connectivity index (χ4v) is 3.42.